The maximum Gasteiger partial charge on any atom is 0.0454 e. The summed E-state index contributed by atoms with van der Waals surface area (Å²) in [4.78, 5) is 5.71. The minimum Gasteiger partial charge on any atom is -0.361 e. The van der Waals surface area contributed by atoms with Crippen molar-refractivity contribution >= 4 is 10.9 Å². The fourth-order valence-corrected chi connectivity index (χ4v) is 3.59. The van der Waals surface area contributed by atoms with E-state index in [9.17, 15) is 0 Å². The van der Waals surface area contributed by atoms with Crippen molar-refractivity contribution in [3.05, 3.63) is 70.9 Å². The molecule has 2 aromatic carbocycles. The summed E-state index contributed by atoms with van der Waals surface area (Å²) in [6.07, 6.45) is 2.01. The van der Waals surface area contributed by atoms with E-state index in [0.29, 0.717) is 5.92 Å². The number of aromatic nitrogens is 1. The third kappa shape index (κ3) is 2.07. The number of hydrogen-bond acceptors (Lipinski definition) is 1. The van der Waals surface area contributed by atoms with E-state index in [1.165, 1.54) is 33.2 Å². The lowest BCUT2D eigenvalue weighted by Crippen LogP contribution is -2.31. The number of hydrogen-bond donors (Lipinski definition) is 1. The quantitative estimate of drug-likeness (QED) is 0.710. The molecular weight excluding hydrogens is 256 g/mol. The Bertz CT molecular complexity index is 800. The molecule has 2 nitrogen and oxygen atoms in total. The van der Waals surface area contributed by atoms with Crippen molar-refractivity contribution in [1.82, 2.24) is 9.88 Å². The van der Waals surface area contributed by atoms with Crippen molar-refractivity contribution in [3.63, 3.8) is 0 Å². The van der Waals surface area contributed by atoms with E-state index >= 15 is 0 Å². The predicted octanol–water partition coefficient (Wildman–Crippen LogP) is 4.05. The Hall–Kier alpha value is -2.06. The summed E-state index contributed by atoms with van der Waals surface area (Å²) in [5.74, 6) is 0.470. The molecule has 0 fully saturated rings. The van der Waals surface area contributed by atoms with Gasteiger partial charge in [0.2, 0.25) is 0 Å². The molecule has 1 atom stereocenters. The van der Waals surface area contributed by atoms with Crippen LogP contribution in [-0.2, 0) is 6.54 Å². The molecule has 0 saturated carbocycles. The Kier molecular flexibility index (Phi) is 2.86. The van der Waals surface area contributed by atoms with Gasteiger partial charge in [0.25, 0.3) is 0 Å². The van der Waals surface area contributed by atoms with Crippen LogP contribution >= 0.6 is 0 Å². The number of aromatic amines is 1. The number of likely N-dealkylation sites (N-methyl/N-ethyl adjacent to an activating group) is 1. The predicted molar refractivity (Wildman–Crippen MR) is 87.7 cm³/mol. The molecule has 2 heterocycles. The third-order valence-electron chi connectivity index (χ3n) is 4.72. The third-order valence-corrected chi connectivity index (χ3v) is 4.72. The molecule has 106 valence electrons. The van der Waals surface area contributed by atoms with E-state index in [1.807, 2.05) is 6.20 Å². The van der Waals surface area contributed by atoms with Crippen LogP contribution in [0.15, 0.2) is 48.7 Å². The van der Waals surface area contributed by atoms with Crippen LogP contribution in [0.2, 0.25) is 0 Å². The standard InChI is InChI=1S/C19H20N2/c1-13-4-3-5-16-17(13)11-21(2)12-18(16)14-6-7-19-15(10-14)8-9-20-19/h3-10,18,20H,11-12H2,1-2H3. The van der Waals surface area contributed by atoms with Crippen molar-refractivity contribution in [2.45, 2.75) is 19.4 Å². The van der Waals surface area contributed by atoms with Gasteiger partial charge >= 0.3 is 0 Å². The molecule has 1 N–H and O–H groups in total. The Balaban J connectivity index is 1.86. The molecule has 1 unspecified atom stereocenters. The average Bonchev–Trinajstić information content (AvgIpc) is 2.95. The summed E-state index contributed by atoms with van der Waals surface area (Å²) in [7, 11) is 2.22. The van der Waals surface area contributed by atoms with Crippen LogP contribution in [0.3, 0.4) is 0 Å². The Morgan fingerprint density at radius 1 is 1.14 bits per heavy atom. The van der Waals surface area contributed by atoms with Gasteiger partial charge < -0.3 is 9.88 Å². The van der Waals surface area contributed by atoms with Crippen LogP contribution in [0.25, 0.3) is 10.9 Å². The number of nitrogens with one attached hydrogen (secondary N) is 1. The minimum atomic E-state index is 0.470. The molecule has 4 rings (SSSR count). The molecule has 2 heteroatoms. The maximum absolute atomic E-state index is 3.28. The molecule has 0 spiro atoms. The summed E-state index contributed by atoms with van der Waals surface area (Å²) < 4.78 is 0. The van der Waals surface area contributed by atoms with Gasteiger partial charge in [0.05, 0.1) is 0 Å². The van der Waals surface area contributed by atoms with Gasteiger partial charge in [-0.3, -0.25) is 0 Å². The normalized spacial score (nSPS) is 18.9. The number of nitrogens with zero attached hydrogens (tertiary/aromatic N) is 1. The molecule has 21 heavy (non-hydrogen) atoms. The zero-order chi connectivity index (χ0) is 14.4. The van der Waals surface area contributed by atoms with Gasteiger partial charge in [0.1, 0.15) is 0 Å². The van der Waals surface area contributed by atoms with E-state index in [1.54, 1.807) is 0 Å². The van der Waals surface area contributed by atoms with E-state index in [2.05, 4.69) is 66.3 Å². The zero-order valence-electron chi connectivity index (χ0n) is 12.6. The Morgan fingerprint density at radius 3 is 2.95 bits per heavy atom. The molecule has 1 aliphatic rings. The van der Waals surface area contributed by atoms with Gasteiger partial charge in [-0.05, 0) is 59.8 Å². The molecule has 0 amide bonds. The van der Waals surface area contributed by atoms with Crippen molar-refractivity contribution < 1.29 is 0 Å². The number of benzene rings is 2. The van der Waals surface area contributed by atoms with Crippen LogP contribution in [0, 0.1) is 6.92 Å². The van der Waals surface area contributed by atoms with E-state index < -0.39 is 0 Å². The van der Waals surface area contributed by atoms with Gasteiger partial charge in [-0.2, -0.15) is 0 Å². The summed E-state index contributed by atoms with van der Waals surface area (Å²) >= 11 is 0. The SMILES string of the molecule is Cc1cccc2c1CN(C)CC2c1ccc2[nH]ccc2c1. The second-order valence-electron chi connectivity index (χ2n) is 6.22. The number of fused-ring (bicyclic) bond motifs is 2. The molecule has 0 bridgehead atoms. The van der Waals surface area contributed by atoms with Gasteiger partial charge in [0.15, 0.2) is 0 Å². The van der Waals surface area contributed by atoms with Crippen molar-refractivity contribution in [2.75, 3.05) is 13.6 Å². The molecule has 1 aliphatic heterocycles. The van der Waals surface area contributed by atoms with E-state index in [4.69, 9.17) is 0 Å². The Morgan fingerprint density at radius 2 is 2.05 bits per heavy atom. The van der Waals surface area contributed by atoms with Gasteiger partial charge in [-0.25, -0.2) is 0 Å². The topological polar surface area (TPSA) is 19.0 Å². The number of rotatable bonds is 1. The minimum absolute atomic E-state index is 0.470. The summed E-state index contributed by atoms with van der Waals surface area (Å²) in [6.45, 7) is 4.38. The monoisotopic (exact) mass is 276 g/mol. The summed E-state index contributed by atoms with van der Waals surface area (Å²) in [5.41, 5.74) is 7.05. The second-order valence-corrected chi connectivity index (χ2v) is 6.22. The van der Waals surface area contributed by atoms with Crippen LogP contribution in [-0.4, -0.2) is 23.5 Å². The molecule has 3 aromatic rings. The first kappa shape index (κ1) is 12.7. The van der Waals surface area contributed by atoms with Crippen LogP contribution in [0.1, 0.15) is 28.2 Å². The van der Waals surface area contributed by atoms with Gasteiger partial charge in [-0.1, -0.05) is 24.3 Å². The summed E-state index contributed by atoms with van der Waals surface area (Å²) in [5, 5.41) is 1.30. The van der Waals surface area contributed by atoms with E-state index in [-0.39, 0.29) is 0 Å². The largest absolute Gasteiger partial charge is 0.361 e. The van der Waals surface area contributed by atoms with Gasteiger partial charge in [0, 0.05) is 30.7 Å². The van der Waals surface area contributed by atoms with Crippen molar-refractivity contribution in [1.29, 1.82) is 0 Å². The first-order valence-corrected chi connectivity index (χ1v) is 7.56. The van der Waals surface area contributed by atoms with Crippen molar-refractivity contribution in [3.8, 4) is 0 Å². The molecule has 0 aliphatic carbocycles. The fourth-order valence-electron chi connectivity index (χ4n) is 3.59. The highest BCUT2D eigenvalue weighted by atomic mass is 15.1. The van der Waals surface area contributed by atoms with Crippen LogP contribution in [0.5, 0.6) is 0 Å². The van der Waals surface area contributed by atoms with Gasteiger partial charge in [-0.15, -0.1) is 0 Å². The molecule has 0 radical (unpaired) electrons. The van der Waals surface area contributed by atoms with E-state index in [0.717, 1.165) is 13.1 Å². The van der Waals surface area contributed by atoms with Crippen molar-refractivity contribution in [2.24, 2.45) is 0 Å². The molecule has 0 saturated heterocycles. The smallest absolute Gasteiger partial charge is 0.0454 e. The maximum atomic E-state index is 3.28. The molecular formula is C19H20N2. The lowest BCUT2D eigenvalue weighted by molar-refractivity contribution is 0.294. The highest BCUT2D eigenvalue weighted by Gasteiger charge is 2.25. The number of aryl methyl sites for hydroxylation is 1. The lowest BCUT2D eigenvalue weighted by Gasteiger charge is -2.33. The first-order valence-electron chi connectivity index (χ1n) is 7.56. The Labute approximate surface area is 125 Å². The highest BCUT2D eigenvalue weighted by Crippen LogP contribution is 2.35. The average molecular weight is 276 g/mol. The summed E-state index contributed by atoms with van der Waals surface area (Å²) in [6, 6.07) is 15.7. The lowest BCUT2D eigenvalue weighted by atomic mass is 9.83. The second kappa shape index (κ2) is 4.74. The van der Waals surface area contributed by atoms with Crippen LogP contribution < -0.4 is 0 Å². The highest BCUT2D eigenvalue weighted by molar-refractivity contribution is 5.80. The number of H-pyrrole nitrogens is 1. The van der Waals surface area contributed by atoms with Crippen LogP contribution in [0.4, 0.5) is 0 Å². The molecule has 1 aromatic heterocycles. The first-order chi connectivity index (χ1) is 10.2. The fraction of sp³-hybridized carbons (Fsp3) is 0.263. The zero-order valence-corrected chi connectivity index (χ0v) is 12.6.